The summed E-state index contributed by atoms with van der Waals surface area (Å²) in [4.78, 5) is 12.9. The number of carbonyl (C=O) groups is 1. The molecule has 1 aliphatic heterocycles. The Hall–Kier alpha value is -2.94. The number of nitrogens with zero attached hydrogens (tertiary/aromatic N) is 4. The summed E-state index contributed by atoms with van der Waals surface area (Å²) in [5.74, 6) is 1.11. The van der Waals surface area contributed by atoms with Crippen molar-refractivity contribution in [1.82, 2.24) is 20.0 Å². The number of aromatic nitrogens is 4. The molecule has 0 atom stereocenters. The van der Waals surface area contributed by atoms with Crippen LogP contribution >= 0.6 is 11.3 Å². The monoisotopic (exact) mass is 399 g/mol. The van der Waals surface area contributed by atoms with E-state index < -0.39 is 0 Å². The molecule has 0 spiro atoms. The van der Waals surface area contributed by atoms with Gasteiger partial charge in [-0.1, -0.05) is 18.3 Å². The first-order valence-corrected chi connectivity index (χ1v) is 10.0. The van der Waals surface area contributed by atoms with Gasteiger partial charge in [-0.3, -0.25) is 14.8 Å². The minimum Gasteiger partial charge on any atom is -0.490 e. The van der Waals surface area contributed by atoms with Crippen molar-refractivity contribution in [2.45, 2.75) is 26.2 Å². The highest BCUT2D eigenvalue weighted by atomic mass is 32.1. The Labute approximate surface area is 166 Å². The topological polar surface area (TPSA) is 91.2 Å². The van der Waals surface area contributed by atoms with Crippen LogP contribution in [0.5, 0.6) is 11.5 Å². The lowest BCUT2D eigenvalue weighted by Crippen LogP contribution is -2.12. The molecule has 0 unspecified atom stereocenters. The van der Waals surface area contributed by atoms with Gasteiger partial charge in [0.15, 0.2) is 11.5 Å². The second-order valence-electron chi connectivity index (χ2n) is 6.48. The van der Waals surface area contributed by atoms with Crippen molar-refractivity contribution in [1.29, 1.82) is 0 Å². The maximum Gasteiger partial charge on any atom is 0.261 e. The smallest absolute Gasteiger partial charge is 0.261 e. The highest BCUT2D eigenvalue weighted by Crippen LogP contribution is 2.35. The van der Waals surface area contributed by atoms with Gasteiger partial charge in [0.2, 0.25) is 5.13 Å². The first-order valence-electron chi connectivity index (χ1n) is 9.21. The fourth-order valence-electron chi connectivity index (χ4n) is 2.96. The molecule has 0 aliphatic carbocycles. The first kappa shape index (κ1) is 18.4. The summed E-state index contributed by atoms with van der Waals surface area (Å²) in [5, 5.41) is 16.9. The van der Waals surface area contributed by atoms with Gasteiger partial charge in [-0.05, 0) is 24.6 Å². The highest BCUT2D eigenvalue weighted by Gasteiger charge is 2.20. The summed E-state index contributed by atoms with van der Waals surface area (Å²) in [6.45, 7) is 3.31. The summed E-state index contributed by atoms with van der Waals surface area (Å²) >= 11 is 1.39. The molecule has 1 N–H and O–H groups in total. The van der Waals surface area contributed by atoms with E-state index in [2.05, 4.69) is 27.5 Å². The molecule has 0 saturated carbocycles. The molecule has 1 aliphatic rings. The predicted octanol–water partition coefficient (Wildman–Crippen LogP) is 3.30. The van der Waals surface area contributed by atoms with Crippen molar-refractivity contribution in [3.8, 4) is 22.8 Å². The number of hydrogen-bond acceptors (Lipinski definition) is 7. The zero-order valence-corrected chi connectivity index (χ0v) is 16.6. The van der Waals surface area contributed by atoms with E-state index in [4.69, 9.17) is 9.47 Å². The molecule has 9 heteroatoms. The second-order valence-corrected chi connectivity index (χ2v) is 7.54. The van der Waals surface area contributed by atoms with Crippen LogP contribution in [0.1, 0.15) is 35.1 Å². The summed E-state index contributed by atoms with van der Waals surface area (Å²) in [6, 6.07) is 5.61. The van der Waals surface area contributed by atoms with Crippen molar-refractivity contribution in [2.24, 2.45) is 7.05 Å². The van der Waals surface area contributed by atoms with Crippen molar-refractivity contribution in [3.63, 3.8) is 0 Å². The molecule has 4 rings (SSSR count). The summed E-state index contributed by atoms with van der Waals surface area (Å²) in [6.07, 6.45) is 4.37. The number of nitrogens with one attached hydrogen (secondary N) is 1. The Kier molecular flexibility index (Phi) is 5.25. The molecule has 3 heterocycles. The Bertz CT molecular complexity index is 997. The molecular weight excluding hydrogens is 378 g/mol. The molecule has 8 nitrogen and oxygen atoms in total. The van der Waals surface area contributed by atoms with Gasteiger partial charge in [-0.2, -0.15) is 5.10 Å². The first-order chi connectivity index (χ1) is 13.6. The van der Waals surface area contributed by atoms with Gasteiger partial charge in [-0.25, -0.2) is 0 Å². The second kappa shape index (κ2) is 7.97. The van der Waals surface area contributed by atoms with Gasteiger partial charge < -0.3 is 9.47 Å². The van der Waals surface area contributed by atoms with E-state index in [9.17, 15) is 4.79 Å². The van der Waals surface area contributed by atoms with Crippen LogP contribution in [0, 0.1) is 0 Å². The summed E-state index contributed by atoms with van der Waals surface area (Å²) < 4.78 is 13.1. The summed E-state index contributed by atoms with van der Waals surface area (Å²) in [5.41, 5.74) is 1.83. The average Bonchev–Trinajstić information content (AvgIpc) is 3.21. The third-order valence-electron chi connectivity index (χ3n) is 4.25. The number of anilines is 1. The molecule has 1 aromatic carbocycles. The van der Waals surface area contributed by atoms with Gasteiger partial charge in [-0.15, -0.1) is 10.2 Å². The molecular formula is C19H21N5O3S. The fraction of sp³-hybridized carbons (Fsp3) is 0.368. The molecule has 146 valence electrons. The van der Waals surface area contributed by atoms with E-state index in [0.717, 1.165) is 29.8 Å². The quantitative estimate of drug-likeness (QED) is 0.708. The van der Waals surface area contributed by atoms with Crippen LogP contribution in [-0.4, -0.2) is 39.1 Å². The minimum absolute atomic E-state index is 0.269. The number of amides is 1. The molecule has 0 bridgehead atoms. The van der Waals surface area contributed by atoms with Gasteiger partial charge in [0.1, 0.15) is 10.7 Å². The molecule has 1 amide bonds. The van der Waals surface area contributed by atoms with Crippen LogP contribution in [-0.2, 0) is 13.5 Å². The van der Waals surface area contributed by atoms with Crippen LogP contribution in [0.2, 0.25) is 0 Å². The van der Waals surface area contributed by atoms with E-state index in [1.807, 2.05) is 18.2 Å². The molecule has 0 radical (unpaired) electrons. The van der Waals surface area contributed by atoms with E-state index >= 15 is 0 Å². The van der Waals surface area contributed by atoms with Gasteiger partial charge in [0, 0.05) is 31.6 Å². The molecule has 28 heavy (non-hydrogen) atoms. The van der Waals surface area contributed by atoms with Gasteiger partial charge in [0.05, 0.1) is 18.8 Å². The lowest BCUT2D eigenvalue weighted by molar-refractivity contribution is 0.102. The largest absolute Gasteiger partial charge is 0.490 e. The fourth-order valence-corrected chi connectivity index (χ4v) is 3.80. The van der Waals surface area contributed by atoms with Crippen molar-refractivity contribution >= 4 is 22.4 Å². The predicted molar refractivity (Wildman–Crippen MR) is 106 cm³/mol. The van der Waals surface area contributed by atoms with Crippen LogP contribution in [0.25, 0.3) is 11.3 Å². The Morgan fingerprint density at radius 1 is 1.25 bits per heavy atom. The lowest BCUT2D eigenvalue weighted by atomic mass is 10.1. The van der Waals surface area contributed by atoms with Crippen molar-refractivity contribution < 1.29 is 14.3 Å². The van der Waals surface area contributed by atoms with Crippen molar-refractivity contribution in [3.05, 3.63) is 35.0 Å². The molecule has 2 aromatic heterocycles. The van der Waals surface area contributed by atoms with Crippen LogP contribution in [0.15, 0.2) is 24.4 Å². The Morgan fingerprint density at radius 3 is 2.89 bits per heavy atom. The minimum atomic E-state index is -0.269. The molecule has 0 fully saturated rings. The van der Waals surface area contributed by atoms with Gasteiger partial charge >= 0.3 is 0 Å². The Morgan fingerprint density at radius 2 is 2.07 bits per heavy atom. The van der Waals surface area contributed by atoms with Crippen LogP contribution < -0.4 is 14.8 Å². The number of aryl methyl sites for hydroxylation is 2. The standard InChI is InChI=1S/C19H21N5O3S/c1-3-5-16-21-22-19(28-16)20-18(25)13-11-24(2)23-17(13)12-6-7-14-15(10-12)27-9-4-8-26-14/h6-7,10-11H,3-5,8-9H2,1-2H3,(H,20,22,25). The number of ether oxygens (including phenoxy) is 2. The van der Waals surface area contributed by atoms with Crippen LogP contribution in [0.3, 0.4) is 0 Å². The number of rotatable bonds is 5. The molecule has 0 saturated heterocycles. The number of carbonyl (C=O) groups excluding carboxylic acids is 1. The van der Waals surface area contributed by atoms with E-state index in [1.165, 1.54) is 11.3 Å². The average molecular weight is 399 g/mol. The van der Waals surface area contributed by atoms with E-state index in [1.54, 1.807) is 17.9 Å². The zero-order chi connectivity index (χ0) is 19.5. The van der Waals surface area contributed by atoms with Crippen molar-refractivity contribution in [2.75, 3.05) is 18.5 Å². The third-order valence-corrected chi connectivity index (χ3v) is 5.14. The van der Waals surface area contributed by atoms with E-state index in [-0.39, 0.29) is 5.91 Å². The molecule has 3 aromatic rings. The zero-order valence-electron chi connectivity index (χ0n) is 15.8. The highest BCUT2D eigenvalue weighted by molar-refractivity contribution is 7.15. The van der Waals surface area contributed by atoms with Crippen LogP contribution in [0.4, 0.5) is 5.13 Å². The SMILES string of the molecule is CCCc1nnc(NC(=O)c2cn(C)nc2-c2ccc3c(c2)OCCCO3)s1. The third kappa shape index (κ3) is 3.84. The number of benzene rings is 1. The maximum atomic E-state index is 12.9. The maximum absolute atomic E-state index is 12.9. The normalized spacial score (nSPS) is 13.2. The number of fused-ring (bicyclic) bond motifs is 1. The van der Waals surface area contributed by atoms with Gasteiger partial charge in [0.25, 0.3) is 5.91 Å². The Balaban J connectivity index is 1.61. The number of hydrogen-bond donors (Lipinski definition) is 1. The summed E-state index contributed by atoms with van der Waals surface area (Å²) in [7, 11) is 1.79. The van der Waals surface area contributed by atoms with E-state index in [0.29, 0.717) is 41.1 Å². The lowest BCUT2D eigenvalue weighted by Gasteiger charge is -2.09.